The molecular weight excluding hydrogens is 326 g/mol. The van der Waals surface area contributed by atoms with Gasteiger partial charge in [0.15, 0.2) is 0 Å². The second-order valence-electron chi connectivity index (χ2n) is 7.17. The number of ether oxygens (including phenoxy) is 1. The Morgan fingerprint density at radius 3 is 2.19 bits per heavy atom. The highest BCUT2D eigenvalue weighted by Gasteiger charge is 2.23. The number of carbonyl (C=O) groups excluding carboxylic acids is 1. The second-order valence-corrected chi connectivity index (χ2v) is 7.17. The van der Waals surface area contributed by atoms with Crippen LogP contribution in [0.1, 0.15) is 32.3 Å². The fraction of sp³-hybridized carbons (Fsp3) is 0.381. The van der Waals surface area contributed by atoms with Crippen molar-refractivity contribution in [1.82, 2.24) is 5.32 Å². The molecule has 0 atom stereocenters. The highest BCUT2D eigenvalue weighted by molar-refractivity contribution is 5.90. The van der Waals surface area contributed by atoms with Gasteiger partial charge in [-0.1, -0.05) is 12.1 Å². The van der Waals surface area contributed by atoms with Gasteiger partial charge >= 0.3 is 6.03 Å². The van der Waals surface area contributed by atoms with Crippen LogP contribution in [0, 0.1) is 0 Å². The van der Waals surface area contributed by atoms with E-state index in [-0.39, 0.29) is 6.03 Å². The Hall–Kier alpha value is -2.69. The zero-order valence-corrected chi connectivity index (χ0v) is 15.7. The Balaban J connectivity index is 1.60. The van der Waals surface area contributed by atoms with Crippen LogP contribution in [0.4, 0.5) is 16.2 Å². The zero-order chi connectivity index (χ0) is 18.6. The van der Waals surface area contributed by atoms with Gasteiger partial charge in [-0.25, -0.2) is 4.79 Å². The van der Waals surface area contributed by atoms with Crippen LogP contribution in [0.2, 0.25) is 0 Å². The van der Waals surface area contributed by atoms with E-state index in [2.05, 4.69) is 27.7 Å². The van der Waals surface area contributed by atoms with E-state index in [1.54, 1.807) is 7.11 Å². The molecule has 0 saturated carbocycles. The zero-order valence-electron chi connectivity index (χ0n) is 15.7. The lowest BCUT2D eigenvalue weighted by Crippen LogP contribution is -2.43. The lowest BCUT2D eigenvalue weighted by molar-refractivity contribution is 0.242. The first-order valence-electron chi connectivity index (χ1n) is 9.07. The van der Waals surface area contributed by atoms with Crippen molar-refractivity contribution >= 4 is 17.4 Å². The third kappa shape index (κ3) is 4.28. The summed E-state index contributed by atoms with van der Waals surface area (Å²) < 4.78 is 5.19. The molecule has 2 amide bonds. The Morgan fingerprint density at radius 1 is 1.00 bits per heavy atom. The Morgan fingerprint density at radius 2 is 1.62 bits per heavy atom. The highest BCUT2D eigenvalue weighted by Crippen LogP contribution is 2.24. The smallest absolute Gasteiger partial charge is 0.319 e. The summed E-state index contributed by atoms with van der Waals surface area (Å²) in [6.07, 6.45) is 2.51. The van der Waals surface area contributed by atoms with Crippen LogP contribution in [0.25, 0.3) is 0 Å². The number of urea groups is 1. The summed E-state index contributed by atoms with van der Waals surface area (Å²) in [5, 5.41) is 5.94. The van der Waals surface area contributed by atoms with Crippen LogP contribution >= 0.6 is 0 Å². The first kappa shape index (κ1) is 18.1. The molecule has 5 heteroatoms. The van der Waals surface area contributed by atoms with Crippen LogP contribution in [-0.4, -0.2) is 26.2 Å². The van der Waals surface area contributed by atoms with E-state index in [4.69, 9.17) is 4.74 Å². The largest absolute Gasteiger partial charge is 0.497 e. The Labute approximate surface area is 155 Å². The minimum atomic E-state index is -0.494. The average molecular weight is 353 g/mol. The summed E-state index contributed by atoms with van der Waals surface area (Å²) in [7, 11) is 1.64. The number of anilines is 2. The van der Waals surface area contributed by atoms with Crippen molar-refractivity contribution in [2.75, 3.05) is 30.4 Å². The summed E-state index contributed by atoms with van der Waals surface area (Å²) in [6.45, 7) is 6.18. The molecule has 0 unspecified atom stereocenters. The molecule has 0 aliphatic carbocycles. The molecule has 0 bridgehead atoms. The molecule has 2 aromatic carbocycles. The van der Waals surface area contributed by atoms with Crippen LogP contribution in [-0.2, 0) is 5.54 Å². The van der Waals surface area contributed by atoms with Gasteiger partial charge in [-0.2, -0.15) is 0 Å². The molecular formula is C21H27N3O2. The molecule has 138 valence electrons. The predicted molar refractivity (Wildman–Crippen MR) is 106 cm³/mol. The van der Waals surface area contributed by atoms with Gasteiger partial charge in [-0.15, -0.1) is 0 Å². The van der Waals surface area contributed by atoms with E-state index in [1.807, 2.05) is 50.2 Å². The summed E-state index contributed by atoms with van der Waals surface area (Å²) in [6, 6.07) is 15.5. The standard InChI is InChI=1S/C21H27N3O2/c1-21(2,16-6-12-19(26-3)13-7-16)23-20(25)22-17-8-10-18(11-9-17)24-14-4-5-15-24/h6-13H,4-5,14-15H2,1-3H3,(H2,22,23,25). The van der Waals surface area contributed by atoms with Crippen molar-refractivity contribution in [2.24, 2.45) is 0 Å². The summed E-state index contributed by atoms with van der Waals surface area (Å²) in [4.78, 5) is 14.8. The van der Waals surface area contributed by atoms with Crippen LogP contribution in [0.5, 0.6) is 5.75 Å². The average Bonchev–Trinajstić information content (AvgIpc) is 3.16. The Kier molecular flexibility index (Phi) is 5.35. The molecule has 2 N–H and O–H groups in total. The molecule has 1 fully saturated rings. The molecule has 5 nitrogen and oxygen atoms in total. The lowest BCUT2D eigenvalue weighted by Gasteiger charge is -2.27. The summed E-state index contributed by atoms with van der Waals surface area (Å²) >= 11 is 0. The summed E-state index contributed by atoms with van der Waals surface area (Å²) in [5.74, 6) is 0.798. The van der Waals surface area contributed by atoms with E-state index in [1.165, 1.54) is 18.5 Å². The second kappa shape index (κ2) is 7.68. The molecule has 0 aromatic heterocycles. The van der Waals surface area contributed by atoms with E-state index in [9.17, 15) is 4.79 Å². The molecule has 2 aromatic rings. The molecule has 1 heterocycles. The monoisotopic (exact) mass is 353 g/mol. The minimum absolute atomic E-state index is 0.222. The first-order valence-corrected chi connectivity index (χ1v) is 9.07. The number of methoxy groups -OCH3 is 1. The predicted octanol–water partition coefficient (Wildman–Crippen LogP) is 4.35. The van der Waals surface area contributed by atoms with Crippen molar-refractivity contribution in [3.63, 3.8) is 0 Å². The molecule has 1 aliphatic heterocycles. The number of nitrogens with zero attached hydrogens (tertiary/aromatic N) is 1. The van der Waals surface area contributed by atoms with Gasteiger partial charge in [0.25, 0.3) is 0 Å². The van der Waals surface area contributed by atoms with Crippen molar-refractivity contribution in [1.29, 1.82) is 0 Å². The maximum absolute atomic E-state index is 12.4. The number of hydrogen-bond acceptors (Lipinski definition) is 3. The number of carbonyl (C=O) groups is 1. The van der Waals surface area contributed by atoms with Crippen LogP contribution < -0.4 is 20.3 Å². The van der Waals surface area contributed by atoms with Gasteiger partial charge in [0.1, 0.15) is 5.75 Å². The normalized spacial score (nSPS) is 14.2. The maximum atomic E-state index is 12.4. The quantitative estimate of drug-likeness (QED) is 0.840. The minimum Gasteiger partial charge on any atom is -0.497 e. The van der Waals surface area contributed by atoms with E-state index < -0.39 is 5.54 Å². The molecule has 0 spiro atoms. The van der Waals surface area contributed by atoms with Gasteiger partial charge in [-0.3, -0.25) is 0 Å². The van der Waals surface area contributed by atoms with Crippen LogP contribution in [0.3, 0.4) is 0 Å². The number of nitrogens with one attached hydrogen (secondary N) is 2. The fourth-order valence-corrected chi connectivity index (χ4v) is 3.26. The highest BCUT2D eigenvalue weighted by atomic mass is 16.5. The van der Waals surface area contributed by atoms with Crippen molar-refractivity contribution < 1.29 is 9.53 Å². The Bertz CT molecular complexity index is 733. The number of amides is 2. The summed E-state index contributed by atoms with van der Waals surface area (Å²) in [5.41, 5.74) is 2.52. The molecule has 1 saturated heterocycles. The van der Waals surface area contributed by atoms with Crippen molar-refractivity contribution in [2.45, 2.75) is 32.2 Å². The lowest BCUT2D eigenvalue weighted by atomic mass is 9.94. The van der Waals surface area contributed by atoms with E-state index in [0.717, 1.165) is 30.1 Å². The van der Waals surface area contributed by atoms with Crippen molar-refractivity contribution in [3.8, 4) is 5.75 Å². The van der Waals surface area contributed by atoms with Crippen LogP contribution in [0.15, 0.2) is 48.5 Å². The van der Waals surface area contributed by atoms with Gasteiger partial charge in [-0.05, 0) is 68.7 Å². The maximum Gasteiger partial charge on any atom is 0.319 e. The van der Waals surface area contributed by atoms with Gasteiger partial charge in [0.2, 0.25) is 0 Å². The molecule has 3 rings (SSSR count). The third-order valence-corrected chi connectivity index (χ3v) is 4.83. The first-order chi connectivity index (χ1) is 12.5. The van der Waals surface area contributed by atoms with E-state index >= 15 is 0 Å². The fourth-order valence-electron chi connectivity index (χ4n) is 3.26. The molecule has 0 radical (unpaired) electrons. The number of hydrogen-bond donors (Lipinski definition) is 2. The van der Waals surface area contributed by atoms with Gasteiger partial charge < -0.3 is 20.3 Å². The van der Waals surface area contributed by atoms with Crippen molar-refractivity contribution in [3.05, 3.63) is 54.1 Å². The van der Waals surface area contributed by atoms with Gasteiger partial charge in [0.05, 0.1) is 12.6 Å². The SMILES string of the molecule is COc1ccc(C(C)(C)NC(=O)Nc2ccc(N3CCCC3)cc2)cc1. The topological polar surface area (TPSA) is 53.6 Å². The number of rotatable bonds is 5. The number of benzene rings is 2. The molecule has 26 heavy (non-hydrogen) atoms. The third-order valence-electron chi connectivity index (χ3n) is 4.83. The molecule has 1 aliphatic rings. The van der Waals surface area contributed by atoms with Gasteiger partial charge in [0, 0.05) is 24.5 Å². The van der Waals surface area contributed by atoms with E-state index in [0.29, 0.717) is 0 Å².